The SMILES string of the molecule is CCNC(=NCC1CCOc2ccccc21)N1CCC(C)C(n2ccnc2)C1. The topological polar surface area (TPSA) is 54.7 Å². The van der Waals surface area contributed by atoms with Gasteiger partial charge in [0.25, 0.3) is 0 Å². The molecule has 0 spiro atoms. The Morgan fingerprint density at radius 2 is 2.21 bits per heavy atom. The van der Waals surface area contributed by atoms with E-state index in [-0.39, 0.29) is 0 Å². The first-order valence-corrected chi connectivity index (χ1v) is 10.5. The molecule has 1 saturated heterocycles. The summed E-state index contributed by atoms with van der Waals surface area (Å²) >= 11 is 0. The first kappa shape index (κ1) is 18.8. The van der Waals surface area contributed by atoms with Crippen molar-refractivity contribution < 1.29 is 4.74 Å². The summed E-state index contributed by atoms with van der Waals surface area (Å²) in [5, 5.41) is 3.52. The maximum absolute atomic E-state index is 5.81. The molecular weight excluding hydrogens is 350 g/mol. The van der Waals surface area contributed by atoms with Crippen molar-refractivity contribution >= 4 is 5.96 Å². The van der Waals surface area contributed by atoms with E-state index in [0.29, 0.717) is 17.9 Å². The highest BCUT2D eigenvalue weighted by atomic mass is 16.5. The van der Waals surface area contributed by atoms with Gasteiger partial charge in [-0.25, -0.2) is 4.98 Å². The number of hydrogen-bond acceptors (Lipinski definition) is 3. The van der Waals surface area contributed by atoms with Crippen LogP contribution < -0.4 is 10.1 Å². The molecule has 2 aliphatic rings. The highest BCUT2D eigenvalue weighted by Crippen LogP contribution is 2.33. The van der Waals surface area contributed by atoms with Crippen molar-refractivity contribution in [3.63, 3.8) is 0 Å². The number of rotatable bonds is 4. The number of ether oxygens (including phenoxy) is 1. The number of hydrogen-bond donors (Lipinski definition) is 1. The summed E-state index contributed by atoms with van der Waals surface area (Å²) in [6.45, 7) is 8.94. The van der Waals surface area contributed by atoms with Crippen molar-refractivity contribution in [1.82, 2.24) is 19.8 Å². The van der Waals surface area contributed by atoms with Gasteiger partial charge in [0.1, 0.15) is 5.75 Å². The van der Waals surface area contributed by atoms with Crippen LogP contribution in [0.15, 0.2) is 48.0 Å². The highest BCUT2D eigenvalue weighted by Gasteiger charge is 2.29. The summed E-state index contributed by atoms with van der Waals surface area (Å²) in [4.78, 5) is 11.7. The molecule has 1 fully saturated rings. The van der Waals surface area contributed by atoms with Crippen molar-refractivity contribution in [2.45, 2.75) is 38.6 Å². The molecule has 1 aromatic carbocycles. The van der Waals surface area contributed by atoms with Crippen LogP contribution in [0.25, 0.3) is 0 Å². The Bertz CT molecular complexity index is 788. The van der Waals surface area contributed by atoms with E-state index in [0.717, 1.165) is 57.3 Å². The molecule has 3 unspecified atom stereocenters. The minimum atomic E-state index is 0.423. The van der Waals surface area contributed by atoms with E-state index < -0.39 is 0 Å². The largest absolute Gasteiger partial charge is 0.493 e. The predicted molar refractivity (Wildman–Crippen MR) is 112 cm³/mol. The molecule has 2 aromatic rings. The third-order valence-electron chi connectivity index (χ3n) is 6.01. The van der Waals surface area contributed by atoms with E-state index >= 15 is 0 Å². The van der Waals surface area contributed by atoms with Gasteiger partial charge in [0.15, 0.2) is 5.96 Å². The zero-order valence-electron chi connectivity index (χ0n) is 16.9. The van der Waals surface area contributed by atoms with Gasteiger partial charge in [0, 0.05) is 44.5 Å². The summed E-state index contributed by atoms with van der Waals surface area (Å²) in [7, 11) is 0. The number of nitrogens with zero attached hydrogens (tertiary/aromatic N) is 4. The monoisotopic (exact) mass is 381 g/mol. The summed E-state index contributed by atoms with van der Waals surface area (Å²) in [6, 6.07) is 8.82. The molecule has 3 heterocycles. The van der Waals surface area contributed by atoms with Gasteiger partial charge in [-0.15, -0.1) is 0 Å². The standard InChI is InChI=1S/C22H31N5O/c1-3-24-22(25-14-18-9-13-28-21-7-5-4-6-19(18)21)26-11-8-17(2)20(15-26)27-12-10-23-16-27/h4-7,10,12,16-18,20H,3,8-9,11,13-15H2,1-2H3,(H,24,25). The molecule has 1 N–H and O–H groups in total. The van der Waals surface area contributed by atoms with E-state index in [2.05, 4.69) is 58.0 Å². The van der Waals surface area contributed by atoms with Gasteiger partial charge in [-0.1, -0.05) is 25.1 Å². The van der Waals surface area contributed by atoms with Crippen LogP contribution in [-0.2, 0) is 0 Å². The van der Waals surface area contributed by atoms with E-state index in [9.17, 15) is 0 Å². The number of fused-ring (bicyclic) bond motifs is 1. The van der Waals surface area contributed by atoms with Gasteiger partial charge < -0.3 is 19.5 Å². The molecule has 0 aliphatic carbocycles. The molecule has 2 aliphatic heterocycles. The van der Waals surface area contributed by atoms with Crippen molar-refractivity contribution in [3.05, 3.63) is 48.5 Å². The van der Waals surface area contributed by atoms with Crippen LogP contribution in [0.1, 0.15) is 44.2 Å². The zero-order chi connectivity index (χ0) is 19.3. The smallest absolute Gasteiger partial charge is 0.194 e. The molecule has 3 atom stereocenters. The molecule has 4 rings (SSSR count). The second kappa shape index (κ2) is 8.67. The van der Waals surface area contributed by atoms with Crippen LogP contribution in [0, 0.1) is 5.92 Å². The Hall–Kier alpha value is -2.50. The fourth-order valence-electron chi connectivity index (χ4n) is 4.32. The van der Waals surface area contributed by atoms with Crippen molar-refractivity contribution in [2.75, 3.05) is 32.8 Å². The van der Waals surface area contributed by atoms with Gasteiger partial charge >= 0.3 is 0 Å². The maximum atomic E-state index is 5.81. The first-order valence-electron chi connectivity index (χ1n) is 10.5. The number of aromatic nitrogens is 2. The Morgan fingerprint density at radius 3 is 3.04 bits per heavy atom. The molecule has 6 heteroatoms. The van der Waals surface area contributed by atoms with Crippen LogP contribution in [0.3, 0.4) is 0 Å². The molecule has 28 heavy (non-hydrogen) atoms. The zero-order valence-corrected chi connectivity index (χ0v) is 16.9. The quantitative estimate of drug-likeness (QED) is 0.652. The number of nitrogens with one attached hydrogen (secondary N) is 1. The molecular formula is C22H31N5O. The summed E-state index contributed by atoms with van der Waals surface area (Å²) in [5.74, 6) is 3.11. The number of guanidine groups is 1. The Balaban J connectivity index is 1.49. The van der Waals surface area contributed by atoms with Gasteiger partial charge in [-0.3, -0.25) is 4.99 Å². The lowest BCUT2D eigenvalue weighted by atomic mass is 9.93. The lowest BCUT2D eigenvalue weighted by molar-refractivity contribution is 0.188. The maximum Gasteiger partial charge on any atom is 0.194 e. The van der Waals surface area contributed by atoms with Crippen LogP contribution in [0.2, 0.25) is 0 Å². The van der Waals surface area contributed by atoms with Crippen molar-refractivity contribution in [1.29, 1.82) is 0 Å². The molecule has 0 radical (unpaired) electrons. The highest BCUT2D eigenvalue weighted by molar-refractivity contribution is 5.80. The number of piperidine rings is 1. The third kappa shape index (κ3) is 4.01. The number of aliphatic imine (C=N–C) groups is 1. The molecule has 0 saturated carbocycles. The summed E-state index contributed by atoms with van der Waals surface area (Å²) < 4.78 is 8.05. The summed E-state index contributed by atoms with van der Waals surface area (Å²) in [5.41, 5.74) is 1.29. The lowest BCUT2D eigenvalue weighted by Gasteiger charge is -2.39. The fraction of sp³-hybridized carbons (Fsp3) is 0.545. The van der Waals surface area contributed by atoms with Crippen molar-refractivity contribution in [2.24, 2.45) is 10.9 Å². The molecule has 150 valence electrons. The lowest BCUT2D eigenvalue weighted by Crippen LogP contribution is -2.49. The Kier molecular flexibility index (Phi) is 5.84. The third-order valence-corrected chi connectivity index (χ3v) is 6.01. The second-order valence-corrected chi connectivity index (χ2v) is 7.86. The Morgan fingerprint density at radius 1 is 1.32 bits per heavy atom. The predicted octanol–water partition coefficient (Wildman–Crippen LogP) is 3.30. The second-order valence-electron chi connectivity index (χ2n) is 7.86. The van der Waals surface area contributed by atoms with E-state index in [1.54, 1.807) is 0 Å². The van der Waals surface area contributed by atoms with Crippen LogP contribution in [0.5, 0.6) is 5.75 Å². The summed E-state index contributed by atoms with van der Waals surface area (Å²) in [6.07, 6.45) is 8.07. The fourth-order valence-corrected chi connectivity index (χ4v) is 4.32. The molecule has 6 nitrogen and oxygen atoms in total. The minimum absolute atomic E-state index is 0.423. The molecule has 1 aromatic heterocycles. The van der Waals surface area contributed by atoms with Crippen LogP contribution >= 0.6 is 0 Å². The number of benzene rings is 1. The van der Waals surface area contributed by atoms with E-state index in [1.165, 1.54) is 5.56 Å². The van der Waals surface area contributed by atoms with Crippen LogP contribution in [0.4, 0.5) is 0 Å². The van der Waals surface area contributed by atoms with Crippen molar-refractivity contribution in [3.8, 4) is 5.75 Å². The molecule has 0 amide bonds. The Labute approximate surface area is 167 Å². The average molecular weight is 382 g/mol. The van der Waals surface area contributed by atoms with Gasteiger partial charge in [-0.05, 0) is 37.3 Å². The van der Waals surface area contributed by atoms with Gasteiger partial charge in [0.2, 0.25) is 0 Å². The minimum Gasteiger partial charge on any atom is -0.493 e. The number of imidazole rings is 1. The average Bonchev–Trinajstić information content (AvgIpc) is 3.26. The normalized spacial score (nSPS) is 25.1. The van der Waals surface area contributed by atoms with E-state index in [4.69, 9.17) is 9.73 Å². The van der Waals surface area contributed by atoms with Crippen LogP contribution in [-0.4, -0.2) is 53.2 Å². The van der Waals surface area contributed by atoms with E-state index in [1.807, 2.05) is 18.6 Å². The van der Waals surface area contributed by atoms with Gasteiger partial charge in [0.05, 0.1) is 19.0 Å². The first-order chi connectivity index (χ1) is 13.8. The number of likely N-dealkylation sites (tertiary alicyclic amines) is 1. The molecule has 0 bridgehead atoms. The van der Waals surface area contributed by atoms with Gasteiger partial charge in [-0.2, -0.15) is 0 Å². The number of para-hydroxylation sites is 1.